The van der Waals surface area contributed by atoms with Crippen LogP contribution in [-0.2, 0) is 6.54 Å². The highest BCUT2D eigenvalue weighted by Gasteiger charge is 2.08. The fourth-order valence-electron chi connectivity index (χ4n) is 1.36. The summed E-state index contributed by atoms with van der Waals surface area (Å²) in [5.74, 6) is 0. The predicted molar refractivity (Wildman–Crippen MR) is 64.1 cm³/mol. The van der Waals surface area contributed by atoms with Crippen molar-refractivity contribution in [1.29, 1.82) is 0 Å². The van der Waals surface area contributed by atoms with E-state index in [1.54, 1.807) is 23.9 Å². The van der Waals surface area contributed by atoms with Gasteiger partial charge in [-0.25, -0.2) is 15.0 Å². The maximum Gasteiger partial charge on any atom is 0.115 e. The van der Waals surface area contributed by atoms with Crippen molar-refractivity contribution in [2.24, 2.45) is 0 Å². The van der Waals surface area contributed by atoms with Gasteiger partial charge in [0.05, 0.1) is 16.4 Å². The Hall–Kier alpha value is -1.33. The van der Waals surface area contributed by atoms with Gasteiger partial charge in [-0.3, -0.25) is 0 Å². The van der Waals surface area contributed by atoms with Crippen molar-refractivity contribution < 1.29 is 0 Å². The molecule has 4 nitrogen and oxygen atoms in total. The molecule has 0 spiro atoms. The Balaban J connectivity index is 1.91. The van der Waals surface area contributed by atoms with Gasteiger partial charge < -0.3 is 5.32 Å². The zero-order valence-electron chi connectivity index (χ0n) is 9.34. The zero-order valence-corrected chi connectivity index (χ0v) is 10.2. The molecule has 2 aromatic heterocycles. The molecular weight excluding hydrogens is 220 g/mol. The number of nitrogens with one attached hydrogen (secondary N) is 1. The van der Waals surface area contributed by atoms with Crippen LogP contribution in [0.25, 0.3) is 0 Å². The summed E-state index contributed by atoms with van der Waals surface area (Å²) in [6.45, 7) is 4.86. The van der Waals surface area contributed by atoms with E-state index < -0.39 is 0 Å². The Kier molecular flexibility index (Phi) is 3.58. The third-order valence-corrected chi connectivity index (χ3v) is 3.10. The minimum absolute atomic E-state index is 0.250. The van der Waals surface area contributed by atoms with Gasteiger partial charge in [-0.05, 0) is 19.9 Å². The first-order chi connectivity index (χ1) is 7.75. The second-order valence-electron chi connectivity index (χ2n) is 3.59. The van der Waals surface area contributed by atoms with E-state index in [1.165, 1.54) is 0 Å². The Labute approximate surface area is 98.8 Å². The van der Waals surface area contributed by atoms with Crippen LogP contribution >= 0.6 is 11.3 Å². The average Bonchev–Trinajstić information content (AvgIpc) is 2.74. The third-order valence-electron chi connectivity index (χ3n) is 2.31. The van der Waals surface area contributed by atoms with E-state index in [2.05, 4.69) is 32.6 Å². The van der Waals surface area contributed by atoms with Crippen molar-refractivity contribution >= 4 is 11.3 Å². The molecule has 0 amide bonds. The molecule has 1 atom stereocenters. The van der Waals surface area contributed by atoms with Gasteiger partial charge in [0.2, 0.25) is 0 Å². The minimum atomic E-state index is 0.250. The fraction of sp³-hybridized carbons (Fsp3) is 0.364. The van der Waals surface area contributed by atoms with Crippen molar-refractivity contribution in [1.82, 2.24) is 20.3 Å². The summed E-state index contributed by atoms with van der Waals surface area (Å²) in [5, 5.41) is 6.58. The van der Waals surface area contributed by atoms with Crippen molar-refractivity contribution in [2.75, 3.05) is 0 Å². The van der Waals surface area contributed by atoms with E-state index in [0.717, 1.165) is 22.9 Å². The zero-order chi connectivity index (χ0) is 11.4. The molecular formula is C11H14N4S. The summed E-state index contributed by atoms with van der Waals surface area (Å²) in [6, 6.07) is 2.16. The molecule has 0 aliphatic rings. The molecule has 0 saturated heterocycles. The molecule has 84 valence electrons. The molecule has 1 unspecified atom stereocenters. The van der Waals surface area contributed by atoms with Gasteiger partial charge in [-0.1, -0.05) is 0 Å². The lowest BCUT2D eigenvalue weighted by molar-refractivity contribution is 0.556. The largest absolute Gasteiger partial charge is 0.303 e. The van der Waals surface area contributed by atoms with Crippen LogP contribution < -0.4 is 5.32 Å². The lowest BCUT2D eigenvalue weighted by Crippen LogP contribution is -2.19. The molecule has 2 rings (SSSR count). The van der Waals surface area contributed by atoms with Gasteiger partial charge in [-0.2, -0.15) is 0 Å². The van der Waals surface area contributed by atoms with Crippen LogP contribution in [-0.4, -0.2) is 15.0 Å². The summed E-state index contributed by atoms with van der Waals surface area (Å²) in [7, 11) is 0. The number of hydrogen-bond donors (Lipinski definition) is 1. The van der Waals surface area contributed by atoms with E-state index in [0.29, 0.717) is 0 Å². The Morgan fingerprint density at radius 1 is 1.50 bits per heavy atom. The van der Waals surface area contributed by atoms with Crippen LogP contribution in [0.2, 0.25) is 0 Å². The van der Waals surface area contributed by atoms with Gasteiger partial charge in [0.15, 0.2) is 0 Å². The van der Waals surface area contributed by atoms with E-state index in [4.69, 9.17) is 0 Å². The minimum Gasteiger partial charge on any atom is -0.303 e. The highest BCUT2D eigenvalue weighted by Crippen LogP contribution is 2.15. The van der Waals surface area contributed by atoms with Crippen LogP contribution in [0, 0.1) is 6.92 Å². The van der Waals surface area contributed by atoms with Crippen LogP contribution in [0.4, 0.5) is 0 Å². The Morgan fingerprint density at radius 2 is 2.38 bits per heavy atom. The molecule has 1 N–H and O–H groups in total. The fourth-order valence-corrected chi connectivity index (χ4v) is 2.07. The van der Waals surface area contributed by atoms with Crippen molar-refractivity contribution in [2.45, 2.75) is 26.4 Å². The van der Waals surface area contributed by atoms with Gasteiger partial charge in [0, 0.05) is 24.2 Å². The Bertz CT molecular complexity index is 440. The van der Waals surface area contributed by atoms with Crippen molar-refractivity contribution in [3.05, 3.63) is 40.4 Å². The van der Waals surface area contributed by atoms with Crippen molar-refractivity contribution in [3.8, 4) is 0 Å². The second kappa shape index (κ2) is 5.14. The summed E-state index contributed by atoms with van der Waals surface area (Å²) in [6.07, 6.45) is 3.32. The standard InChI is InChI=1S/C11H14N4S/c1-8(11-6-16-9(2)15-11)13-5-10-3-4-12-7-14-10/h3-4,6-8,13H,5H2,1-2H3. The summed E-state index contributed by atoms with van der Waals surface area (Å²) < 4.78 is 0. The van der Waals surface area contributed by atoms with Crippen LogP contribution in [0.1, 0.15) is 29.4 Å². The van der Waals surface area contributed by atoms with Crippen LogP contribution in [0.5, 0.6) is 0 Å². The van der Waals surface area contributed by atoms with Gasteiger partial charge in [0.25, 0.3) is 0 Å². The second-order valence-corrected chi connectivity index (χ2v) is 4.66. The Morgan fingerprint density at radius 3 is 3.00 bits per heavy atom. The molecule has 2 aromatic rings. The topological polar surface area (TPSA) is 50.7 Å². The molecule has 0 saturated carbocycles. The molecule has 0 aliphatic heterocycles. The van der Waals surface area contributed by atoms with Crippen molar-refractivity contribution in [3.63, 3.8) is 0 Å². The normalized spacial score (nSPS) is 12.6. The van der Waals surface area contributed by atoms with E-state index in [9.17, 15) is 0 Å². The number of nitrogens with zero attached hydrogens (tertiary/aromatic N) is 3. The SMILES string of the molecule is Cc1nc(C(C)NCc2ccncn2)cs1. The van der Waals surface area contributed by atoms with Crippen LogP contribution in [0.15, 0.2) is 24.0 Å². The first-order valence-corrected chi connectivity index (χ1v) is 6.04. The highest BCUT2D eigenvalue weighted by atomic mass is 32.1. The molecule has 0 aromatic carbocycles. The van der Waals surface area contributed by atoms with E-state index in [-0.39, 0.29) is 6.04 Å². The number of hydrogen-bond acceptors (Lipinski definition) is 5. The summed E-state index contributed by atoms with van der Waals surface area (Å²) >= 11 is 1.68. The monoisotopic (exact) mass is 234 g/mol. The number of thiazole rings is 1. The lowest BCUT2D eigenvalue weighted by Gasteiger charge is -2.10. The summed E-state index contributed by atoms with van der Waals surface area (Å²) in [4.78, 5) is 12.5. The molecule has 0 bridgehead atoms. The maximum atomic E-state index is 4.45. The molecule has 0 radical (unpaired) electrons. The van der Waals surface area contributed by atoms with Gasteiger partial charge >= 0.3 is 0 Å². The van der Waals surface area contributed by atoms with Crippen LogP contribution in [0.3, 0.4) is 0 Å². The van der Waals surface area contributed by atoms with E-state index >= 15 is 0 Å². The molecule has 0 fully saturated rings. The van der Waals surface area contributed by atoms with Gasteiger partial charge in [0.1, 0.15) is 6.33 Å². The number of aryl methyl sites for hydroxylation is 1. The number of rotatable bonds is 4. The molecule has 5 heteroatoms. The highest BCUT2D eigenvalue weighted by molar-refractivity contribution is 7.09. The molecule has 2 heterocycles. The number of aromatic nitrogens is 3. The van der Waals surface area contributed by atoms with Gasteiger partial charge in [-0.15, -0.1) is 11.3 Å². The quantitative estimate of drug-likeness (QED) is 0.880. The first kappa shape index (κ1) is 11.2. The average molecular weight is 234 g/mol. The summed E-state index contributed by atoms with van der Waals surface area (Å²) in [5.41, 5.74) is 2.09. The smallest absolute Gasteiger partial charge is 0.115 e. The lowest BCUT2D eigenvalue weighted by atomic mass is 10.2. The predicted octanol–water partition coefficient (Wildman–Crippen LogP) is 2.09. The molecule has 16 heavy (non-hydrogen) atoms. The molecule has 0 aliphatic carbocycles. The first-order valence-electron chi connectivity index (χ1n) is 5.16. The third kappa shape index (κ3) is 2.84. The maximum absolute atomic E-state index is 4.45. The van der Waals surface area contributed by atoms with E-state index in [1.807, 2.05) is 13.0 Å².